The van der Waals surface area contributed by atoms with Crippen LogP contribution in [0, 0.1) is 6.92 Å². The Hall–Kier alpha value is -2.01. The molecule has 2 aromatic rings. The fourth-order valence-electron chi connectivity index (χ4n) is 1.65. The number of rotatable bonds is 4. The molecular weight excluding hydrogens is 262 g/mol. The molecule has 0 aliphatic rings. The van der Waals surface area contributed by atoms with Gasteiger partial charge in [0.15, 0.2) is 0 Å². The lowest BCUT2D eigenvalue weighted by molar-refractivity contribution is 0.0695. The number of nitrogens with zero attached hydrogens (tertiary/aromatic N) is 1. The number of benzene rings is 1. The first kappa shape index (κ1) is 13.4. The van der Waals surface area contributed by atoms with Gasteiger partial charge in [-0.1, -0.05) is 17.7 Å². The van der Waals surface area contributed by atoms with E-state index in [0.29, 0.717) is 10.6 Å². The highest BCUT2D eigenvalue weighted by molar-refractivity contribution is 7.84. The van der Waals surface area contributed by atoms with Crippen LogP contribution in [0.25, 0.3) is 0 Å². The molecule has 1 heterocycles. The molecule has 0 aliphatic heterocycles. The third-order valence-corrected chi connectivity index (χ3v) is 4.01. The molecule has 19 heavy (non-hydrogen) atoms. The van der Waals surface area contributed by atoms with Crippen LogP contribution in [-0.2, 0) is 16.6 Å². The molecule has 0 saturated carbocycles. The number of hydrogen-bond acceptors (Lipinski definition) is 3. The molecule has 1 atom stereocenters. The molecule has 2 rings (SSSR count). The zero-order valence-electron chi connectivity index (χ0n) is 10.4. The second-order valence-corrected chi connectivity index (χ2v) is 5.56. The number of carboxylic acids is 1. The van der Waals surface area contributed by atoms with Crippen LogP contribution < -0.4 is 0 Å². The second kappa shape index (κ2) is 5.75. The molecule has 0 amide bonds. The van der Waals surface area contributed by atoms with Crippen molar-refractivity contribution >= 4 is 16.8 Å². The molecule has 0 fully saturated rings. The van der Waals surface area contributed by atoms with Crippen molar-refractivity contribution in [3.8, 4) is 0 Å². The molecule has 0 aliphatic carbocycles. The Labute approximate surface area is 113 Å². The van der Waals surface area contributed by atoms with Crippen LogP contribution in [0.5, 0.6) is 0 Å². The highest BCUT2D eigenvalue weighted by Crippen LogP contribution is 2.14. The van der Waals surface area contributed by atoms with Gasteiger partial charge in [-0.05, 0) is 31.2 Å². The van der Waals surface area contributed by atoms with Crippen molar-refractivity contribution in [2.45, 2.75) is 17.6 Å². The van der Waals surface area contributed by atoms with Gasteiger partial charge in [0.05, 0.1) is 27.8 Å². The average Bonchev–Trinajstić information content (AvgIpc) is 2.39. The zero-order chi connectivity index (χ0) is 13.8. The van der Waals surface area contributed by atoms with Crippen molar-refractivity contribution in [3.05, 3.63) is 59.4 Å². The van der Waals surface area contributed by atoms with Crippen molar-refractivity contribution in [3.63, 3.8) is 0 Å². The average molecular weight is 275 g/mol. The van der Waals surface area contributed by atoms with E-state index in [1.54, 1.807) is 18.2 Å². The summed E-state index contributed by atoms with van der Waals surface area (Å²) >= 11 is 0. The molecule has 1 unspecified atom stereocenters. The normalized spacial score (nSPS) is 12.1. The monoisotopic (exact) mass is 275 g/mol. The highest BCUT2D eigenvalue weighted by Gasteiger charge is 2.14. The summed E-state index contributed by atoms with van der Waals surface area (Å²) in [5.74, 6) is -0.949. The number of aromatic nitrogens is 1. The minimum absolute atomic E-state index is 0.1000. The number of aryl methyl sites for hydroxylation is 1. The van der Waals surface area contributed by atoms with Gasteiger partial charge in [0, 0.05) is 11.1 Å². The summed E-state index contributed by atoms with van der Waals surface area (Å²) < 4.78 is 12.2. The SMILES string of the molecule is Cc1ccc(S(=O)Cc2ncccc2C(=O)O)cc1. The molecule has 1 aromatic heterocycles. The Bertz CT molecular complexity index is 623. The molecule has 0 spiro atoms. The Morgan fingerprint density at radius 1 is 1.26 bits per heavy atom. The fraction of sp³-hybridized carbons (Fsp3) is 0.143. The first-order valence-electron chi connectivity index (χ1n) is 5.70. The molecule has 1 N–H and O–H groups in total. The van der Waals surface area contributed by atoms with E-state index < -0.39 is 16.8 Å². The summed E-state index contributed by atoms with van der Waals surface area (Å²) in [7, 11) is -1.30. The van der Waals surface area contributed by atoms with Gasteiger partial charge >= 0.3 is 5.97 Å². The third kappa shape index (κ3) is 3.26. The van der Waals surface area contributed by atoms with Gasteiger partial charge in [0.2, 0.25) is 0 Å². The molecule has 4 nitrogen and oxygen atoms in total. The van der Waals surface area contributed by atoms with Crippen molar-refractivity contribution < 1.29 is 14.1 Å². The summed E-state index contributed by atoms with van der Waals surface area (Å²) in [5, 5.41) is 9.05. The lowest BCUT2D eigenvalue weighted by Crippen LogP contribution is -2.07. The number of aromatic carboxylic acids is 1. The summed E-state index contributed by atoms with van der Waals surface area (Å²) in [4.78, 5) is 15.7. The van der Waals surface area contributed by atoms with E-state index in [4.69, 9.17) is 5.11 Å². The minimum atomic E-state index is -1.30. The lowest BCUT2D eigenvalue weighted by atomic mass is 10.2. The number of carbonyl (C=O) groups is 1. The number of carboxylic acid groups (broad SMARTS) is 1. The standard InChI is InChI=1S/C14H13NO3S/c1-10-4-6-11(7-5-10)19(18)9-13-12(14(16)17)3-2-8-15-13/h2-8H,9H2,1H3,(H,16,17). The van der Waals surface area contributed by atoms with E-state index >= 15 is 0 Å². The minimum Gasteiger partial charge on any atom is -0.478 e. The molecule has 0 radical (unpaired) electrons. The van der Waals surface area contributed by atoms with Crippen LogP contribution in [0.1, 0.15) is 21.6 Å². The first-order chi connectivity index (χ1) is 9.08. The Morgan fingerprint density at radius 3 is 2.58 bits per heavy atom. The summed E-state index contributed by atoms with van der Waals surface area (Å²) in [6.07, 6.45) is 1.51. The maximum Gasteiger partial charge on any atom is 0.337 e. The molecule has 5 heteroatoms. The van der Waals surface area contributed by atoms with Crippen LogP contribution >= 0.6 is 0 Å². The molecule has 0 saturated heterocycles. The summed E-state index contributed by atoms with van der Waals surface area (Å²) in [5.41, 5.74) is 1.53. The third-order valence-electron chi connectivity index (χ3n) is 2.67. The van der Waals surface area contributed by atoms with Crippen LogP contribution in [0.15, 0.2) is 47.5 Å². The first-order valence-corrected chi connectivity index (χ1v) is 7.02. The Morgan fingerprint density at radius 2 is 1.95 bits per heavy atom. The predicted octanol–water partition coefficient (Wildman–Crippen LogP) is 2.40. The van der Waals surface area contributed by atoms with Crippen molar-refractivity contribution in [1.29, 1.82) is 0 Å². The van der Waals surface area contributed by atoms with Crippen molar-refractivity contribution in [1.82, 2.24) is 4.98 Å². The smallest absolute Gasteiger partial charge is 0.337 e. The van der Waals surface area contributed by atoms with Gasteiger partial charge in [-0.3, -0.25) is 9.19 Å². The van der Waals surface area contributed by atoms with Crippen LogP contribution in [0.2, 0.25) is 0 Å². The summed E-state index contributed by atoms with van der Waals surface area (Å²) in [6, 6.07) is 10.4. The molecular formula is C14H13NO3S. The number of hydrogen-bond donors (Lipinski definition) is 1. The van der Waals surface area contributed by atoms with E-state index in [1.807, 2.05) is 19.1 Å². The topological polar surface area (TPSA) is 67.3 Å². The zero-order valence-corrected chi connectivity index (χ0v) is 11.2. The van der Waals surface area contributed by atoms with E-state index in [2.05, 4.69) is 4.98 Å². The van der Waals surface area contributed by atoms with Gasteiger partial charge in [-0.2, -0.15) is 0 Å². The maximum atomic E-state index is 12.2. The molecule has 98 valence electrons. The van der Waals surface area contributed by atoms with Crippen molar-refractivity contribution in [2.75, 3.05) is 0 Å². The van der Waals surface area contributed by atoms with Gasteiger partial charge < -0.3 is 5.11 Å². The van der Waals surface area contributed by atoms with Crippen molar-refractivity contribution in [2.24, 2.45) is 0 Å². The van der Waals surface area contributed by atoms with E-state index in [0.717, 1.165) is 5.56 Å². The lowest BCUT2D eigenvalue weighted by Gasteiger charge is -2.05. The van der Waals surface area contributed by atoms with Gasteiger partial charge in [0.25, 0.3) is 0 Å². The highest BCUT2D eigenvalue weighted by atomic mass is 32.2. The Balaban J connectivity index is 2.24. The predicted molar refractivity (Wildman–Crippen MR) is 72.5 cm³/mol. The van der Waals surface area contributed by atoms with E-state index in [-0.39, 0.29) is 11.3 Å². The largest absolute Gasteiger partial charge is 0.478 e. The Kier molecular flexibility index (Phi) is 4.06. The van der Waals surface area contributed by atoms with E-state index in [9.17, 15) is 9.00 Å². The number of pyridine rings is 1. The van der Waals surface area contributed by atoms with Crippen LogP contribution in [0.3, 0.4) is 0 Å². The van der Waals surface area contributed by atoms with Crippen LogP contribution in [0.4, 0.5) is 0 Å². The fourth-order valence-corrected chi connectivity index (χ4v) is 2.73. The van der Waals surface area contributed by atoms with Gasteiger partial charge in [-0.15, -0.1) is 0 Å². The van der Waals surface area contributed by atoms with Gasteiger partial charge in [-0.25, -0.2) is 4.79 Å². The molecule has 0 bridgehead atoms. The van der Waals surface area contributed by atoms with E-state index in [1.165, 1.54) is 12.3 Å². The van der Waals surface area contributed by atoms with Crippen LogP contribution in [-0.4, -0.2) is 20.3 Å². The summed E-state index contributed by atoms with van der Waals surface area (Å²) in [6.45, 7) is 1.95. The maximum absolute atomic E-state index is 12.2. The quantitative estimate of drug-likeness (QED) is 0.930. The second-order valence-electron chi connectivity index (χ2n) is 4.11. The van der Waals surface area contributed by atoms with Gasteiger partial charge in [0.1, 0.15) is 0 Å². The molecule has 1 aromatic carbocycles.